The predicted octanol–water partition coefficient (Wildman–Crippen LogP) is 3.70. The van der Waals surface area contributed by atoms with Crippen LogP contribution in [0, 0.1) is 0 Å². The molecule has 0 bridgehead atoms. The van der Waals surface area contributed by atoms with Crippen molar-refractivity contribution in [2.24, 2.45) is 0 Å². The summed E-state index contributed by atoms with van der Waals surface area (Å²) in [6.07, 6.45) is 0.879. The highest BCUT2D eigenvalue weighted by Crippen LogP contribution is 2.21. The fraction of sp³-hybridized carbons (Fsp3) is 0.267. The molecule has 3 nitrogen and oxygen atoms in total. The molecule has 20 heavy (non-hydrogen) atoms. The predicted molar refractivity (Wildman–Crippen MR) is 88.1 cm³/mol. The minimum Gasteiger partial charge on any atom is -0.321 e. The van der Waals surface area contributed by atoms with Crippen molar-refractivity contribution in [3.8, 4) is 0 Å². The van der Waals surface area contributed by atoms with Gasteiger partial charge in [0.05, 0.1) is 4.88 Å². The first kappa shape index (κ1) is 16.7. The number of aryl methyl sites for hydroxylation is 1. The number of thiophene rings is 1. The lowest BCUT2D eigenvalue weighted by Crippen LogP contribution is -2.15. The standard InChI is InChI=1S/C15H18N2OS.ClH/c1-3-11-8-9-19-14(11)15(18)17-13-7-5-4-6-12(13)10-16-2;/h4-9,16H,3,10H2,1-2H3,(H,17,18);1H. The fourth-order valence-electron chi connectivity index (χ4n) is 1.98. The van der Waals surface area contributed by atoms with Gasteiger partial charge in [0.15, 0.2) is 0 Å². The number of anilines is 1. The first-order chi connectivity index (χ1) is 9.26. The lowest BCUT2D eigenvalue weighted by atomic mass is 10.1. The third-order valence-electron chi connectivity index (χ3n) is 2.97. The molecule has 0 aliphatic heterocycles. The van der Waals surface area contributed by atoms with Crippen LogP contribution in [0.5, 0.6) is 0 Å². The molecular formula is C15H19ClN2OS. The van der Waals surface area contributed by atoms with Crippen LogP contribution < -0.4 is 10.6 Å². The Morgan fingerprint density at radius 3 is 2.65 bits per heavy atom. The Morgan fingerprint density at radius 1 is 1.20 bits per heavy atom. The van der Waals surface area contributed by atoms with Crippen molar-refractivity contribution in [2.75, 3.05) is 12.4 Å². The summed E-state index contributed by atoms with van der Waals surface area (Å²) in [4.78, 5) is 13.1. The van der Waals surface area contributed by atoms with Crippen LogP contribution in [0.4, 0.5) is 5.69 Å². The number of para-hydroxylation sites is 1. The van der Waals surface area contributed by atoms with E-state index >= 15 is 0 Å². The second kappa shape index (κ2) is 8.04. The Hall–Kier alpha value is -1.36. The van der Waals surface area contributed by atoms with Crippen LogP contribution in [0.2, 0.25) is 0 Å². The molecule has 108 valence electrons. The van der Waals surface area contributed by atoms with Gasteiger partial charge in [-0.1, -0.05) is 25.1 Å². The van der Waals surface area contributed by atoms with E-state index in [1.165, 1.54) is 11.3 Å². The number of halogens is 1. The molecule has 2 N–H and O–H groups in total. The van der Waals surface area contributed by atoms with Crippen molar-refractivity contribution >= 4 is 35.3 Å². The molecule has 0 radical (unpaired) electrons. The summed E-state index contributed by atoms with van der Waals surface area (Å²) in [5.41, 5.74) is 3.07. The molecule has 0 saturated carbocycles. The summed E-state index contributed by atoms with van der Waals surface area (Å²) in [6, 6.07) is 9.87. The SMILES string of the molecule is CCc1ccsc1C(=O)Nc1ccccc1CNC.Cl. The Balaban J connectivity index is 0.00000200. The quantitative estimate of drug-likeness (QED) is 0.884. The van der Waals surface area contributed by atoms with Crippen molar-refractivity contribution in [3.63, 3.8) is 0 Å². The highest BCUT2D eigenvalue weighted by atomic mass is 35.5. The van der Waals surface area contributed by atoms with Gasteiger partial charge in [-0.25, -0.2) is 0 Å². The highest BCUT2D eigenvalue weighted by Gasteiger charge is 2.13. The van der Waals surface area contributed by atoms with E-state index in [2.05, 4.69) is 17.6 Å². The summed E-state index contributed by atoms with van der Waals surface area (Å²) in [6.45, 7) is 2.80. The van der Waals surface area contributed by atoms with E-state index in [1.807, 2.05) is 42.8 Å². The van der Waals surface area contributed by atoms with Gasteiger partial charge in [0.2, 0.25) is 0 Å². The van der Waals surface area contributed by atoms with Crippen LogP contribution in [-0.2, 0) is 13.0 Å². The number of benzene rings is 1. The van der Waals surface area contributed by atoms with Crippen LogP contribution in [0.3, 0.4) is 0 Å². The molecule has 0 aliphatic rings. The van der Waals surface area contributed by atoms with Crippen molar-refractivity contribution in [2.45, 2.75) is 19.9 Å². The van der Waals surface area contributed by atoms with Gasteiger partial charge in [0, 0.05) is 12.2 Å². The molecule has 0 saturated heterocycles. The van der Waals surface area contributed by atoms with Crippen LogP contribution in [0.15, 0.2) is 35.7 Å². The molecule has 2 aromatic rings. The van der Waals surface area contributed by atoms with Crippen LogP contribution >= 0.6 is 23.7 Å². The highest BCUT2D eigenvalue weighted by molar-refractivity contribution is 7.12. The Kier molecular flexibility index (Phi) is 6.71. The molecule has 0 spiro atoms. The number of hydrogen-bond donors (Lipinski definition) is 2. The van der Waals surface area contributed by atoms with E-state index in [0.29, 0.717) is 0 Å². The molecule has 0 fully saturated rings. The van der Waals surface area contributed by atoms with Gasteiger partial charge in [-0.2, -0.15) is 0 Å². The number of hydrogen-bond acceptors (Lipinski definition) is 3. The minimum atomic E-state index is -0.0181. The normalized spacial score (nSPS) is 9.90. The van der Waals surface area contributed by atoms with E-state index in [4.69, 9.17) is 0 Å². The third-order valence-corrected chi connectivity index (χ3v) is 3.92. The fourth-order valence-corrected chi connectivity index (χ4v) is 2.87. The van der Waals surface area contributed by atoms with Crippen LogP contribution in [0.1, 0.15) is 27.7 Å². The molecule has 1 amide bonds. The number of amides is 1. The van der Waals surface area contributed by atoms with Gasteiger partial charge in [-0.05, 0) is 42.1 Å². The van der Waals surface area contributed by atoms with E-state index < -0.39 is 0 Å². The van der Waals surface area contributed by atoms with E-state index in [1.54, 1.807) is 0 Å². The third kappa shape index (κ3) is 3.82. The molecule has 2 rings (SSSR count). The molecule has 1 aromatic heterocycles. The monoisotopic (exact) mass is 310 g/mol. The molecule has 0 unspecified atom stereocenters. The van der Waals surface area contributed by atoms with Gasteiger partial charge in [-0.3, -0.25) is 4.79 Å². The largest absolute Gasteiger partial charge is 0.321 e. The molecule has 0 aliphatic carbocycles. The second-order valence-electron chi connectivity index (χ2n) is 4.27. The van der Waals surface area contributed by atoms with E-state index in [0.717, 1.165) is 34.7 Å². The number of nitrogens with one attached hydrogen (secondary N) is 2. The minimum absolute atomic E-state index is 0. The molecule has 0 atom stereocenters. The number of carbonyl (C=O) groups excluding carboxylic acids is 1. The summed E-state index contributed by atoms with van der Waals surface area (Å²) >= 11 is 1.49. The zero-order chi connectivity index (χ0) is 13.7. The second-order valence-corrected chi connectivity index (χ2v) is 5.19. The Morgan fingerprint density at radius 2 is 1.95 bits per heavy atom. The Bertz CT molecular complexity index is 569. The van der Waals surface area contributed by atoms with Crippen molar-refractivity contribution in [1.82, 2.24) is 5.32 Å². The smallest absolute Gasteiger partial charge is 0.266 e. The van der Waals surface area contributed by atoms with Gasteiger partial charge in [-0.15, -0.1) is 23.7 Å². The van der Waals surface area contributed by atoms with Crippen LogP contribution in [0.25, 0.3) is 0 Å². The first-order valence-corrected chi connectivity index (χ1v) is 7.24. The van der Waals surface area contributed by atoms with Gasteiger partial charge < -0.3 is 10.6 Å². The van der Waals surface area contributed by atoms with Crippen molar-refractivity contribution in [3.05, 3.63) is 51.7 Å². The maximum atomic E-state index is 12.3. The molecular weight excluding hydrogens is 292 g/mol. The zero-order valence-electron chi connectivity index (χ0n) is 11.6. The zero-order valence-corrected chi connectivity index (χ0v) is 13.2. The summed E-state index contributed by atoms with van der Waals surface area (Å²) in [5.74, 6) is -0.0181. The van der Waals surface area contributed by atoms with Crippen molar-refractivity contribution in [1.29, 1.82) is 0 Å². The van der Waals surface area contributed by atoms with Gasteiger partial charge >= 0.3 is 0 Å². The van der Waals surface area contributed by atoms with E-state index in [-0.39, 0.29) is 18.3 Å². The summed E-state index contributed by atoms with van der Waals surface area (Å²) in [7, 11) is 1.90. The molecule has 5 heteroatoms. The lowest BCUT2D eigenvalue weighted by molar-refractivity contribution is 0.102. The average Bonchev–Trinajstić information content (AvgIpc) is 2.89. The number of rotatable bonds is 5. The van der Waals surface area contributed by atoms with E-state index in [9.17, 15) is 4.79 Å². The van der Waals surface area contributed by atoms with Crippen molar-refractivity contribution < 1.29 is 4.79 Å². The molecule has 1 aromatic carbocycles. The Labute approximate surface area is 129 Å². The first-order valence-electron chi connectivity index (χ1n) is 6.36. The topological polar surface area (TPSA) is 41.1 Å². The van der Waals surface area contributed by atoms with Crippen LogP contribution in [-0.4, -0.2) is 13.0 Å². The van der Waals surface area contributed by atoms with Gasteiger partial charge in [0.1, 0.15) is 0 Å². The lowest BCUT2D eigenvalue weighted by Gasteiger charge is -2.10. The molecule has 1 heterocycles. The maximum Gasteiger partial charge on any atom is 0.266 e. The van der Waals surface area contributed by atoms with Gasteiger partial charge in [0.25, 0.3) is 5.91 Å². The maximum absolute atomic E-state index is 12.3. The average molecular weight is 311 g/mol. The summed E-state index contributed by atoms with van der Waals surface area (Å²) in [5, 5.41) is 8.08. The number of carbonyl (C=O) groups is 1. The summed E-state index contributed by atoms with van der Waals surface area (Å²) < 4.78 is 0.